The van der Waals surface area contributed by atoms with Crippen LogP contribution in [0.15, 0.2) is 0 Å². The molecule has 108 valence electrons. The zero-order chi connectivity index (χ0) is 13.8. The first-order valence-corrected chi connectivity index (χ1v) is 8.21. The van der Waals surface area contributed by atoms with E-state index in [2.05, 4.69) is 0 Å². The minimum absolute atomic E-state index is 0.0237. The van der Waals surface area contributed by atoms with Crippen molar-refractivity contribution in [3.8, 4) is 0 Å². The smallest absolute Gasteiger partial charge is 0.282 e. The third-order valence-electron chi connectivity index (χ3n) is 3.38. The molecule has 0 spiro atoms. The molecule has 0 amide bonds. The van der Waals surface area contributed by atoms with Gasteiger partial charge in [-0.15, -0.1) is 0 Å². The lowest BCUT2D eigenvalue weighted by Gasteiger charge is -2.36. The van der Waals surface area contributed by atoms with Crippen LogP contribution in [0.25, 0.3) is 0 Å². The second kappa shape index (κ2) is 6.84. The summed E-state index contributed by atoms with van der Waals surface area (Å²) in [6, 6.07) is -0.0237. The van der Waals surface area contributed by atoms with Gasteiger partial charge in [0.25, 0.3) is 10.2 Å². The van der Waals surface area contributed by atoms with Crippen LogP contribution in [-0.4, -0.2) is 54.4 Å². The van der Waals surface area contributed by atoms with E-state index in [1.165, 1.54) is 4.31 Å². The van der Waals surface area contributed by atoms with Crippen LogP contribution in [0.4, 0.5) is 0 Å². The molecule has 1 saturated heterocycles. The quantitative estimate of drug-likeness (QED) is 0.790. The summed E-state index contributed by atoms with van der Waals surface area (Å²) in [6.45, 7) is 7.44. The van der Waals surface area contributed by atoms with Gasteiger partial charge in [0.1, 0.15) is 0 Å². The molecule has 1 fully saturated rings. The van der Waals surface area contributed by atoms with E-state index in [4.69, 9.17) is 0 Å². The number of hydrogen-bond acceptors (Lipinski definition) is 3. The zero-order valence-corrected chi connectivity index (χ0v) is 12.5. The van der Waals surface area contributed by atoms with Gasteiger partial charge >= 0.3 is 0 Å². The van der Waals surface area contributed by atoms with Gasteiger partial charge in [-0.3, -0.25) is 0 Å². The van der Waals surface area contributed by atoms with Gasteiger partial charge in [-0.2, -0.15) is 17.0 Å². The average Bonchev–Trinajstić information content (AvgIpc) is 2.35. The van der Waals surface area contributed by atoms with Crippen molar-refractivity contribution < 1.29 is 13.5 Å². The standard InChI is InChI=1S/C12H26N2O3S/c1-4-7-14(11(2)3)18(16,17)13-8-5-6-12(9-13)10-15/h11-12,15H,4-10H2,1-3H3. The molecule has 0 bridgehead atoms. The lowest BCUT2D eigenvalue weighted by Crippen LogP contribution is -2.50. The highest BCUT2D eigenvalue weighted by Gasteiger charge is 2.34. The summed E-state index contributed by atoms with van der Waals surface area (Å²) in [7, 11) is -3.37. The van der Waals surface area contributed by atoms with E-state index in [9.17, 15) is 13.5 Å². The van der Waals surface area contributed by atoms with E-state index >= 15 is 0 Å². The highest BCUT2D eigenvalue weighted by atomic mass is 32.2. The fourth-order valence-electron chi connectivity index (χ4n) is 2.39. The van der Waals surface area contributed by atoms with Crippen molar-refractivity contribution in [2.75, 3.05) is 26.2 Å². The molecule has 5 nitrogen and oxygen atoms in total. The van der Waals surface area contributed by atoms with E-state index in [0.717, 1.165) is 19.3 Å². The highest BCUT2D eigenvalue weighted by Crippen LogP contribution is 2.22. The lowest BCUT2D eigenvalue weighted by molar-refractivity contribution is 0.159. The van der Waals surface area contributed by atoms with E-state index in [-0.39, 0.29) is 18.6 Å². The van der Waals surface area contributed by atoms with Crippen LogP contribution in [0.2, 0.25) is 0 Å². The molecule has 1 heterocycles. The van der Waals surface area contributed by atoms with Crippen molar-refractivity contribution in [2.24, 2.45) is 5.92 Å². The summed E-state index contributed by atoms with van der Waals surface area (Å²) < 4.78 is 28.2. The van der Waals surface area contributed by atoms with E-state index in [1.807, 2.05) is 20.8 Å². The molecule has 1 aliphatic heterocycles. The van der Waals surface area contributed by atoms with Crippen LogP contribution in [0.5, 0.6) is 0 Å². The van der Waals surface area contributed by atoms with Crippen molar-refractivity contribution >= 4 is 10.2 Å². The summed E-state index contributed by atoms with van der Waals surface area (Å²) >= 11 is 0. The Morgan fingerprint density at radius 2 is 2.11 bits per heavy atom. The summed E-state index contributed by atoms with van der Waals surface area (Å²) in [4.78, 5) is 0. The van der Waals surface area contributed by atoms with Crippen LogP contribution >= 0.6 is 0 Å². The highest BCUT2D eigenvalue weighted by molar-refractivity contribution is 7.86. The summed E-state index contributed by atoms with van der Waals surface area (Å²) in [5.74, 6) is 0.0872. The predicted octanol–water partition coefficient (Wildman–Crippen LogP) is 1.06. The van der Waals surface area contributed by atoms with Crippen LogP contribution in [0.3, 0.4) is 0 Å². The molecular formula is C12H26N2O3S. The topological polar surface area (TPSA) is 60.9 Å². The van der Waals surface area contributed by atoms with E-state index in [1.54, 1.807) is 4.31 Å². The summed E-state index contributed by atoms with van der Waals surface area (Å²) in [5.41, 5.74) is 0. The third kappa shape index (κ3) is 3.66. The molecule has 1 rings (SSSR count). The Kier molecular flexibility index (Phi) is 6.04. The number of aliphatic hydroxyl groups is 1. The largest absolute Gasteiger partial charge is 0.396 e. The molecule has 1 unspecified atom stereocenters. The number of hydrogen-bond donors (Lipinski definition) is 1. The lowest BCUT2D eigenvalue weighted by atomic mass is 10.0. The first-order valence-electron chi connectivity index (χ1n) is 6.81. The van der Waals surface area contributed by atoms with Crippen LogP contribution in [-0.2, 0) is 10.2 Å². The van der Waals surface area contributed by atoms with Crippen molar-refractivity contribution in [1.29, 1.82) is 0 Å². The maximum atomic E-state index is 12.5. The average molecular weight is 278 g/mol. The molecule has 1 atom stereocenters. The van der Waals surface area contributed by atoms with Gasteiger partial charge in [-0.1, -0.05) is 6.92 Å². The molecule has 0 aromatic rings. The van der Waals surface area contributed by atoms with E-state index < -0.39 is 10.2 Å². The Balaban J connectivity index is 2.83. The molecule has 0 aliphatic carbocycles. The molecule has 0 saturated carbocycles. The Morgan fingerprint density at radius 3 is 2.61 bits per heavy atom. The van der Waals surface area contributed by atoms with Gasteiger partial charge in [0, 0.05) is 32.3 Å². The Hall–Kier alpha value is -0.170. The van der Waals surface area contributed by atoms with Crippen molar-refractivity contribution in [2.45, 2.75) is 46.1 Å². The number of nitrogens with zero attached hydrogens (tertiary/aromatic N) is 2. The van der Waals surface area contributed by atoms with Gasteiger partial charge < -0.3 is 5.11 Å². The monoisotopic (exact) mass is 278 g/mol. The fourth-order valence-corrected chi connectivity index (χ4v) is 4.40. The SMILES string of the molecule is CCCN(C(C)C)S(=O)(=O)N1CCCC(CO)C1. The van der Waals surface area contributed by atoms with Crippen LogP contribution in [0, 0.1) is 5.92 Å². The zero-order valence-electron chi connectivity index (χ0n) is 11.7. The molecule has 18 heavy (non-hydrogen) atoms. The summed E-state index contributed by atoms with van der Waals surface area (Å²) in [5, 5.41) is 9.19. The molecule has 0 aromatic heterocycles. The Bertz CT molecular complexity index is 343. The molecule has 0 aromatic carbocycles. The van der Waals surface area contributed by atoms with Crippen LogP contribution < -0.4 is 0 Å². The fraction of sp³-hybridized carbons (Fsp3) is 1.00. The molecule has 0 radical (unpaired) electrons. The molecular weight excluding hydrogens is 252 g/mol. The van der Waals surface area contributed by atoms with E-state index in [0.29, 0.717) is 19.6 Å². The van der Waals surface area contributed by atoms with Crippen molar-refractivity contribution in [3.63, 3.8) is 0 Å². The Labute approximate surface area is 111 Å². The van der Waals surface area contributed by atoms with Gasteiger partial charge in [0.05, 0.1) is 0 Å². The van der Waals surface area contributed by atoms with Gasteiger partial charge in [-0.25, -0.2) is 0 Å². The maximum absolute atomic E-state index is 12.5. The minimum Gasteiger partial charge on any atom is -0.396 e. The second-order valence-corrected chi connectivity index (χ2v) is 7.14. The third-order valence-corrected chi connectivity index (χ3v) is 5.56. The predicted molar refractivity (Wildman–Crippen MR) is 72.4 cm³/mol. The Morgan fingerprint density at radius 1 is 1.44 bits per heavy atom. The van der Waals surface area contributed by atoms with Gasteiger partial charge in [0.15, 0.2) is 0 Å². The van der Waals surface area contributed by atoms with Gasteiger partial charge in [0.2, 0.25) is 0 Å². The van der Waals surface area contributed by atoms with Gasteiger partial charge in [-0.05, 0) is 39.0 Å². The second-order valence-electron chi connectivity index (χ2n) is 5.26. The number of rotatable bonds is 6. The van der Waals surface area contributed by atoms with Crippen molar-refractivity contribution in [1.82, 2.24) is 8.61 Å². The summed E-state index contributed by atoms with van der Waals surface area (Å²) in [6.07, 6.45) is 2.56. The number of piperidine rings is 1. The number of aliphatic hydroxyl groups excluding tert-OH is 1. The van der Waals surface area contributed by atoms with Crippen molar-refractivity contribution in [3.05, 3.63) is 0 Å². The molecule has 6 heteroatoms. The first kappa shape index (κ1) is 15.9. The first-order chi connectivity index (χ1) is 8.43. The normalized spacial score (nSPS) is 22.9. The molecule has 1 aliphatic rings. The molecule has 1 N–H and O–H groups in total. The minimum atomic E-state index is -3.37. The van der Waals surface area contributed by atoms with Crippen LogP contribution in [0.1, 0.15) is 40.0 Å². The maximum Gasteiger partial charge on any atom is 0.282 e.